The van der Waals surface area contributed by atoms with Crippen LogP contribution in [0.2, 0.25) is 0 Å². The second-order valence-electron chi connectivity index (χ2n) is 5.72. The molecule has 0 saturated carbocycles. The molecule has 1 aromatic heterocycles. The molecule has 0 aliphatic rings. The monoisotopic (exact) mass is 395 g/mol. The number of benzene rings is 2. The Bertz CT molecular complexity index is 965. The van der Waals surface area contributed by atoms with Crippen molar-refractivity contribution in [1.82, 2.24) is 4.98 Å². The van der Waals surface area contributed by atoms with Gasteiger partial charge in [0.1, 0.15) is 5.82 Å². The van der Waals surface area contributed by atoms with Crippen molar-refractivity contribution in [3.8, 4) is 11.3 Å². The van der Waals surface area contributed by atoms with E-state index >= 15 is 0 Å². The highest BCUT2D eigenvalue weighted by molar-refractivity contribution is 7.10. The van der Waals surface area contributed by atoms with E-state index in [1.165, 1.54) is 18.4 Å². The molecule has 0 bridgehead atoms. The lowest BCUT2D eigenvalue weighted by molar-refractivity contribution is -0.137. The molecule has 0 saturated heterocycles. The van der Waals surface area contributed by atoms with Gasteiger partial charge in [-0.05, 0) is 35.9 Å². The lowest BCUT2D eigenvalue weighted by Crippen LogP contribution is -2.05. The topological polar surface area (TPSA) is 39.2 Å². The van der Waals surface area contributed by atoms with E-state index in [4.69, 9.17) is 0 Å². The number of halogens is 4. The van der Waals surface area contributed by atoms with Gasteiger partial charge in [0, 0.05) is 17.4 Å². The van der Waals surface area contributed by atoms with E-state index in [0.717, 1.165) is 17.7 Å². The predicted molar refractivity (Wildman–Crippen MR) is 93.1 cm³/mol. The number of aromatic nitrogens is 1. The lowest BCUT2D eigenvalue weighted by atomic mass is 10.1. The minimum atomic E-state index is -4.63. The van der Waals surface area contributed by atoms with E-state index in [1.807, 2.05) is 0 Å². The Hall–Kier alpha value is -2.74. The van der Waals surface area contributed by atoms with Crippen LogP contribution in [-0.4, -0.2) is 18.1 Å². The van der Waals surface area contributed by atoms with Gasteiger partial charge < -0.3 is 4.74 Å². The number of thiazole rings is 1. The molecule has 3 aromatic rings. The van der Waals surface area contributed by atoms with Crippen molar-refractivity contribution < 1.29 is 27.1 Å². The van der Waals surface area contributed by atoms with Gasteiger partial charge in [-0.2, -0.15) is 13.2 Å². The summed E-state index contributed by atoms with van der Waals surface area (Å²) in [5.74, 6) is -1.41. The summed E-state index contributed by atoms with van der Waals surface area (Å²) in [6.45, 7) is 0. The first kappa shape index (κ1) is 19.0. The molecular formula is C19H13F4NO2S. The largest absolute Gasteiger partial charge is 0.465 e. The van der Waals surface area contributed by atoms with Crippen molar-refractivity contribution in [3.05, 3.63) is 75.4 Å². The minimum Gasteiger partial charge on any atom is -0.465 e. The van der Waals surface area contributed by atoms with Crippen molar-refractivity contribution >= 4 is 17.3 Å². The number of methoxy groups -OCH3 is 1. The lowest BCUT2D eigenvalue weighted by Gasteiger charge is -2.08. The third kappa shape index (κ3) is 4.51. The zero-order chi connectivity index (χ0) is 19.6. The zero-order valence-corrected chi connectivity index (χ0v) is 14.8. The van der Waals surface area contributed by atoms with Crippen molar-refractivity contribution in [3.63, 3.8) is 0 Å². The number of hydrogen-bond acceptors (Lipinski definition) is 4. The quantitative estimate of drug-likeness (QED) is 0.442. The Balaban J connectivity index is 1.81. The van der Waals surface area contributed by atoms with Gasteiger partial charge in [0.2, 0.25) is 0 Å². The second kappa shape index (κ2) is 7.48. The first-order valence-corrected chi connectivity index (χ1v) is 8.64. The van der Waals surface area contributed by atoms with Crippen LogP contribution in [-0.2, 0) is 17.3 Å². The van der Waals surface area contributed by atoms with Gasteiger partial charge in [-0.15, -0.1) is 11.3 Å². The summed E-state index contributed by atoms with van der Waals surface area (Å²) in [7, 11) is 1.30. The number of hydrogen-bond donors (Lipinski definition) is 0. The third-order valence-corrected chi connectivity index (χ3v) is 4.65. The Morgan fingerprint density at radius 3 is 2.48 bits per heavy atom. The molecule has 3 rings (SSSR count). The number of alkyl halides is 3. The number of nitrogens with zero attached hydrogens (tertiary/aromatic N) is 1. The van der Waals surface area contributed by atoms with Crippen LogP contribution in [0.15, 0.2) is 47.8 Å². The fourth-order valence-corrected chi connectivity index (χ4v) is 3.31. The highest BCUT2D eigenvalue weighted by Crippen LogP contribution is 2.33. The summed E-state index contributed by atoms with van der Waals surface area (Å²) in [6, 6.07) is 9.11. The van der Waals surface area contributed by atoms with Gasteiger partial charge in [0.15, 0.2) is 0 Å². The maximum Gasteiger partial charge on any atom is 0.416 e. The number of carbonyl (C=O) groups excluding carboxylic acids is 1. The average molecular weight is 395 g/mol. The molecule has 0 amide bonds. The Morgan fingerprint density at radius 2 is 1.85 bits per heavy atom. The smallest absolute Gasteiger partial charge is 0.416 e. The van der Waals surface area contributed by atoms with E-state index in [9.17, 15) is 22.4 Å². The van der Waals surface area contributed by atoms with Crippen LogP contribution in [0.5, 0.6) is 0 Å². The Kier molecular flexibility index (Phi) is 5.27. The van der Waals surface area contributed by atoms with Crippen molar-refractivity contribution in [2.75, 3.05) is 7.11 Å². The van der Waals surface area contributed by atoms with Gasteiger partial charge in [0.25, 0.3) is 0 Å². The van der Waals surface area contributed by atoms with Crippen LogP contribution < -0.4 is 0 Å². The van der Waals surface area contributed by atoms with E-state index in [2.05, 4.69) is 9.72 Å². The summed E-state index contributed by atoms with van der Waals surface area (Å²) < 4.78 is 56.8. The molecule has 0 aliphatic carbocycles. The average Bonchev–Trinajstić information content (AvgIpc) is 3.09. The van der Waals surface area contributed by atoms with Crippen LogP contribution in [0.4, 0.5) is 17.6 Å². The van der Waals surface area contributed by atoms with Gasteiger partial charge in [-0.25, -0.2) is 14.2 Å². The summed E-state index contributed by atoms with van der Waals surface area (Å²) >= 11 is 1.27. The van der Waals surface area contributed by atoms with Crippen molar-refractivity contribution in [2.24, 2.45) is 0 Å². The molecule has 0 spiro atoms. The van der Waals surface area contributed by atoms with E-state index in [-0.39, 0.29) is 11.3 Å². The van der Waals surface area contributed by atoms with Gasteiger partial charge in [-0.1, -0.05) is 12.1 Å². The summed E-state index contributed by atoms with van der Waals surface area (Å²) in [5, 5.41) is 2.25. The van der Waals surface area contributed by atoms with Crippen LogP contribution in [0, 0.1) is 5.82 Å². The Morgan fingerprint density at radius 1 is 1.15 bits per heavy atom. The van der Waals surface area contributed by atoms with E-state index < -0.39 is 23.5 Å². The van der Waals surface area contributed by atoms with E-state index in [0.29, 0.717) is 23.1 Å². The van der Waals surface area contributed by atoms with E-state index in [1.54, 1.807) is 29.6 Å². The molecule has 0 atom stereocenters. The molecule has 0 unspecified atom stereocenters. The molecule has 0 radical (unpaired) electrons. The molecule has 8 heteroatoms. The van der Waals surface area contributed by atoms with Gasteiger partial charge in [-0.3, -0.25) is 0 Å². The van der Waals surface area contributed by atoms with Crippen molar-refractivity contribution in [1.29, 1.82) is 0 Å². The number of esters is 1. The van der Waals surface area contributed by atoms with Crippen LogP contribution in [0.1, 0.15) is 26.5 Å². The fourth-order valence-electron chi connectivity index (χ4n) is 2.48. The molecule has 1 heterocycles. The van der Waals surface area contributed by atoms with Crippen LogP contribution >= 0.6 is 11.3 Å². The third-order valence-electron chi connectivity index (χ3n) is 3.80. The molecular weight excluding hydrogens is 382 g/mol. The van der Waals surface area contributed by atoms with Gasteiger partial charge >= 0.3 is 12.1 Å². The molecule has 27 heavy (non-hydrogen) atoms. The van der Waals surface area contributed by atoms with Crippen molar-refractivity contribution in [2.45, 2.75) is 12.6 Å². The van der Waals surface area contributed by atoms with Gasteiger partial charge in [0.05, 0.1) is 28.9 Å². The van der Waals surface area contributed by atoms with Crippen LogP contribution in [0.3, 0.4) is 0 Å². The summed E-state index contributed by atoms with van der Waals surface area (Å²) in [5.41, 5.74) is 0.599. The van der Waals surface area contributed by atoms with Crippen LogP contribution in [0.25, 0.3) is 11.3 Å². The second-order valence-corrected chi connectivity index (χ2v) is 6.66. The molecule has 2 aromatic carbocycles. The number of rotatable bonds is 4. The molecule has 140 valence electrons. The number of carbonyl (C=O) groups is 1. The Labute approximate surface area is 156 Å². The predicted octanol–water partition coefficient (Wildman–Crippen LogP) is 5.35. The zero-order valence-electron chi connectivity index (χ0n) is 14.0. The highest BCUT2D eigenvalue weighted by atomic mass is 32.1. The first-order chi connectivity index (χ1) is 12.8. The normalized spacial score (nSPS) is 11.4. The molecule has 3 nitrogen and oxygen atoms in total. The minimum absolute atomic E-state index is 0.0749. The maximum absolute atomic E-state index is 13.6. The molecule has 0 fully saturated rings. The number of ether oxygens (including phenoxy) is 1. The maximum atomic E-state index is 13.6. The standard InChI is InChI=1S/C19H13F4NO2S/c1-26-18(25)12-4-2-11(3-5-12)6-17-24-16(10-27-17)13-7-14(19(21,22)23)9-15(20)8-13/h2-5,7-10H,6H2,1H3. The fraction of sp³-hybridized carbons (Fsp3) is 0.158. The highest BCUT2D eigenvalue weighted by Gasteiger charge is 2.31. The summed E-state index contributed by atoms with van der Waals surface area (Å²) in [4.78, 5) is 15.7. The summed E-state index contributed by atoms with van der Waals surface area (Å²) in [6.07, 6.45) is -4.19. The first-order valence-electron chi connectivity index (χ1n) is 7.76. The SMILES string of the molecule is COC(=O)c1ccc(Cc2nc(-c3cc(F)cc(C(F)(F)F)c3)cs2)cc1. The molecule has 0 N–H and O–H groups in total. The molecule has 0 aliphatic heterocycles.